The number of fused-ring (bicyclic) bond motifs is 1. The molecule has 0 nitrogen and oxygen atoms in total. The van der Waals surface area contributed by atoms with Crippen molar-refractivity contribution in [2.75, 3.05) is 0 Å². The Balaban J connectivity index is 2.21. The van der Waals surface area contributed by atoms with Gasteiger partial charge < -0.3 is 0 Å². The number of rotatable bonds is 3. The molecule has 0 aromatic heterocycles. The zero-order valence-electron chi connectivity index (χ0n) is 9.18. The Bertz CT molecular complexity index is 299. The van der Waals surface area contributed by atoms with Crippen molar-refractivity contribution < 1.29 is 0 Å². The van der Waals surface area contributed by atoms with Crippen molar-refractivity contribution in [2.24, 2.45) is 0 Å². The first-order chi connectivity index (χ1) is 6.92. The fourth-order valence-electron chi connectivity index (χ4n) is 2.46. The second-order valence-corrected chi connectivity index (χ2v) is 4.37. The molecule has 1 aliphatic rings. The Labute approximate surface area is 87.3 Å². The maximum Gasteiger partial charge on any atom is -0.0273 e. The molecule has 0 bridgehead atoms. The summed E-state index contributed by atoms with van der Waals surface area (Å²) in [5.41, 5.74) is 4.95. The van der Waals surface area contributed by atoms with Gasteiger partial charge in [-0.05, 0) is 55.2 Å². The number of hydrogen-bond donors (Lipinski definition) is 0. The molecule has 0 saturated heterocycles. The Morgan fingerprint density at radius 2 is 2.00 bits per heavy atom. The molecule has 0 unspecified atom stereocenters. The Morgan fingerprint density at radius 3 is 2.86 bits per heavy atom. The molecule has 2 rings (SSSR count). The molecule has 14 heavy (non-hydrogen) atoms. The van der Waals surface area contributed by atoms with Crippen molar-refractivity contribution in [3.05, 3.63) is 34.9 Å². The van der Waals surface area contributed by atoms with E-state index in [0.29, 0.717) is 0 Å². The van der Waals surface area contributed by atoms with Crippen LogP contribution in [-0.2, 0) is 19.3 Å². The van der Waals surface area contributed by atoms with Crippen molar-refractivity contribution in [1.82, 2.24) is 0 Å². The van der Waals surface area contributed by atoms with Crippen LogP contribution in [0.3, 0.4) is 0 Å². The van der Waals surface area contributed by atoms with Gasteiger partial charge in [0.2, 0.25) is 0 Å². The van der Waals surface area contributed by atoms with E-state index < -0.39 is 0 Å². The molecule has 0 fully saturated rings. The van der Waals surface area contributed by atoms with E-state index in [1.807, 2.05) is 0 Å². The van der Waals surface area contributed by atoms with E-state index in [-0.39, 0.29) is 0 Å². The zero-order valence-corrected chi connectivity index (χ0v) is 9.18. The minimum absolute atomic E-state index is 1.29. The molecule has 0 N–H and O–H groups in total. The molecule has 0 aliphatic heterocycles. The monoisotopic (exact) mass is 188 g/mol. The van der Waals surface area contributed by atoms with Gasteiger partial charge in [0.25, 0.3) is 0 Å². The third kappa shape index (κ3) is 2.00. The number of unbranched alkanes of at least 4 members (excludes halogenated alkanes) is 1. The van der Waals surface area contributed by atoms with Crippen molar-refractivity contribution in [1.29, 1.82) is 0 Å². The van der Waals surface area contributed by atoms with Crippen LogP contribution in [0.1, 0.15) is 49.3 Å². The molecule has 1 aromatic carbocycles. The number of hydrogen-bond acceptors (Lipinski definition) is 0. The van der Waals surface area contributed by atoms with Gasteiger partial charge in [0.1, 0.15) is 0 Å². The molecule has 76 valence electrons. The lowest BCUT2D eigenvalue weighted by atomic mass is 9.87. The van der Waals surface area contributed by atoms with Crippen molar-refractivity contribution in [3.8, 4) is 0 Å². The van der Waals surface area contributed by atoms with Crippen LogP contribution in [0.2, 0.25) is 0 Å². The summed E-state index contributed by atoms with van der Waals surface area (Å²) in [6.07, 6.45) is 9.38. The van der Waals surface area contributed by atoms with Crippen LogP contribution >= 0.6 is 0 Å². The Kier molecular flexibility index (Phi) is 3.23. The molecule has 1 aromatic rings. The first kappa shape index (κ1) is 9.76. The smallest absolute Gasteiger partial charge is 0.0273 e. The summed E-state index contributed by atoms with van der Waals surface area (Å²) in [6.45, 7) is 2.27. The molecule has 0 heterocycles. The van der Waals surface area contributed by atoms with E-state index in [1.165, 1.54) is 44.9 Å². The largest absolute Gasteiger partial charge is 0.0654 e. The summed E-state index contributed by atoms with van der Waals surface area (Å²) in [7, 11) is 0. The molecule has 0 heteroatoms. The van der Waals surface area contributed by atoms with Gasteiger partial charge in [-0.1, -0.05) is 31.5 Å². The summed E-state index contributed by atoms with van der Waals surface area (Å²) in [5, 5.41) is 0. The summed E-state index contributed by atoms with van der Waals surface area (Å²) in [5.74, 6) is 0. The van der Waals surface area contributed by atoms with Gasteiger partial charge >= 0.3 is 0 Å². The van der Waals surface area contributed by atoms with E-state index in [4.69, 9.17) is 0 Å². The number of benzene rings is 1. The first-order valence-corrected chi connectivity index (χ1v) is 6.01. The molecule has 0 amide bonds. The fraction of sp³-hybridized carbons (Fsp3) is 0.571. The van der Waals surface area contributed by atoms with Crippen LogP contribution in [0.4, 0.5) is 0 Å². The molecule has 1 aliphatic carbocycles. The van der Waals surface area contributed by atoms with E-state index in [9.17, 15) is 0 Å². The molecule has 0 saturated carbocycles. The molecule has 0 spiro atoms. The topological polar surface area (TPSA) is 0 Å². The summed E-state index contributed by atoms with van der Waals surface area (Å²) < 4.78 is 0. The summed E-state index contributed by atoms with van der Waals surface area (Å²) >= 11 is 0. The van der Waals surface area contributed by atoms with Crippen LogP contribution in [0.5, 0.6) is 0 Å². The highest BCUT2D eigenvalue weighted by Gasteiger charge is 2.11. The fourth-order valence-corrected chi connectivity index (χ4v) is 2.46. The lowest BCUT2D eigenvalue weighted by Crippen LogP contribution is -2.06. The Morgan fingerprint density at radius 1 is 1.14 bits per heavy atom. The van der Waals surface area contributed by atoms with Crippen molar-refractivity contribution in [3.63, 3.8) is 0 Å². The summed E-state index contributed by atoms with van der Waals surface area (Å²) in [6, 6.07) is 6.90. The highest BCUT2D eigenvalue weighted by atomic mass is 14.2. The van der Waals surface area contributed by atoms with Gasteiger partial charge in [-0.2, -0.15) is 0 Å². The minimum Gasteiger partial charge on any atom is -0.0654 e. The maximum absolute atomic E-state index is 2.33. The predicted octanol–water partition coefficient (Wildman–Crippen LogP) is 3.91. The van der Waals surface area contributed by atoms with Gasteiger partial charge in [0, 0.05) is 0 Å². The quantitative estimate of drug-likeness (QED) is 0.674. The third-order valence-corrected chi connectivity index (χ3v) is 3.29. The van der Waals surface area contributed by atoms with E-state index in [0.717, 1.165) is 0 Å². The second kappa shape index (κ2) is 4.63. The van der Waals surface area contributed by atoms with Crippen LogP contribution in [0, 0.1) is 0 Å². The SMILES string of the molecule is CCCCc1cccc2c1CCCC2. The minimum atomic E-state index is 1.29. The molecule has 0 atom stereocenters. The summed E-state index contributed by atoms with van der Waals surface area (Å²) in [4.78, 5) is 0. The maximum atomic E-state index is 2.33. The zero-order chi connectivity index (χ0) is 9.80. The van der Waals surface area contributed by atoms with Crippen LogP contribution < -0.4 is 0 Å². The highest BCUT2D eigenvalue weighted by Crippen LogP contribution is 2.25. The van der Waals surface area contributed by atoms with Gasteiger partial charge in [-0.3, -0.25) is 0 Å². The van der Waals surface area contributed by atoms with E-state index in [1.54, 1.807) is 16.7 Å². The van der Waals surface area contributed by atoms with Gasteiger partial charge in [0.15, 0.2) is 0 Å². The van der Waals surface area contributed by atoms with Crippen LogP contribution in [0.15, 0.2) is 18.2 Å². The van der Waals surface area contributed by atoms with E-state index in [2.05, 4.69) is 25.1 Å². The Hall–Kier alpha value is -0.780. The number of aryl methyl sites for hydroxylation is 2. The first-order valence-electron chi connectivity index (χ1n) is 6.01. The van der Waals surface area contributed by atoms with Gasteiger partial charge in [0.05, 0.1) is 0 Å². The average Bonchev–Trinajstić information content (AvgIpc) is 2.26. The lowest BCUT2D eigenvalue weighted by Gasteiger charge is -2.19. The average molecular weight is 188 g/mol. The van der Waals surface area contributed by atoms with Crippen LogP contribution in [-0.4, -0.2) is 0 Å². The second-order valence-electron chi connectivity index (χ2n) is 4.37. The molecular weight excluding hydrogens is 168 g/mol. The van der Waals surface area contributed by atoms with Crippen LogP contribution in [0.25, 0.3) is 0 Å². The van der Waals surface area contributed by atoms with E-state index >= 15 is 0 Å². The standard InChI is InChI=1S/C14H20/c1-2-3-7-12-9-6-10-13-8-4-5-11-14(12)13/h6,9-10H,2-5,7-8,11H2,1H3. The molecule has 0 radical (unpaired) electrons. The normalized spacial score (nSPS) is 15.2. The van der Waals surface area contributed by atoms with Crippen molar-refractivity contribution in [2.45, 2.75) is 51.9 Å². The highest BCUT2D eigenvalue weighted by molar-refractivity contribution is 5.37. The van der Waals surface area contributed by atoms with Gasteiger partial charge in [-0.25, -0.2) is 0 Å². The predicted molar refractivity (Wildman–Crippen MR) is 61.7 cm³/mol. The van der Waals surface area contributed by atoms with Crippen molar-refractivity contribution >= 4 is 0 Å². The van der Waals surface area contributed by atoms with Gasteiger partial charge in [-0.15, -0.1) is 0 Å². The molecular formula is C14H20. The lowest BCUT2D eigenvalue weighted by molar-refractivity contribution is 0.672. The third-order valence-electron chi connectivity index (χ3n) is 3.29.